The lowest BCUT2D eigenvalue weighted by molar-refractivity contribution is -0.135. The maximum atomic E-state index is 12.6. The number of hydrogen-bond acceptors (Lipinski definition) is 4. The van der Waals surface area contributed by atoms with Crippen molar-refractivity contribution in [1.82, 2.24) is 14.9 Å². The third-order valence-corrected chi connectivity index (χ3v) is 7.55. The van der Waals surface area contributed by atoms with E-state index in [1.165, 1.54) is 12.8 Å². The fourth-order valence-electron chi connectivity index (χ4n) is 3.80. The van der Waals surface area contributed by atoms with E-state index in [1.54, 1.807) is 17.0 Å². The van der Waals surface area contributed by atoms with Gasteiger partial charge in [0.15, 0.2) is 0 Å². The molecular weight excluding hydrogens is 414 g/mol. The highest BCUT2D eigenvalue weighted by atomic mass is 32.2. The van der Waals surface area contributed by atoms with E-state index < -0.39 is 10.0 Å². The van der Waals surface area contributed by atoms with Gasteiger partial charge < -0.3 is 10.2 Å². The van der Waals surface area contributed by atoms with Crippen LogP contribution >= 0.6 is 0 Å². The molecule has 0 aromatic heterocycles. The average molecular weight is 450 g/mol. The van der Waals surface area contributed by atoms with Crippen molar-refractivity contribution in [3.63, 3.8) is 0 Å². The summed E-state index contributed by atoms with van der Waals surface area (Å²) < 4.78 is 27.6. The van der Waals surface area contributed by atoms with Crippen molar-refractivity contribution in [2.45, 2.75) is 63.2 Å². The van der Waals surface area contributed by atoms with Crippen LogP contribution in [0, 0.1) is 11.8 Å². The maximum Gasteiger partial charge on any atom is 0.240 e. The third kappa shape index (κ3) is 6.77. The van der Waals surface area contributed by atoms with E-state index in [4.69, 9.17) is 0 Å². The van der Waals surface area contributed by atoms with Crippen molar-refractivity contribution in [3.8, 4) is 0 Å². The molecule has 7 nitrogen and oxygen atoms in total. The Morgan fingerprint density at radius 3 is 2.39 bits per heavy atom. The van der Waals surface area contributed by atoms with E-state index >= 15 is 0 Å². The van der Waals surface area contributed by atoms with E-state index in [-0.39, 0.29) is 41.0 Å². The van der Waals surface area contributed by atoms with Gasteiger partial charge in [0.05, 0.1) is 10.8 Å². The van der Waals surface area contributed by atoms with Crippen LogP contribution in [0.2, 0.25) is 0 Å². The number of piperidine rings is 1. The number of hydrogen-bond donors (Lipinski definition) is 2. The monoisotopic (exact) mass is 449 g/mol. The Morgan fingerprint density at radius 2 is 1.77 bits per heavy atom. The van der Waals surface area contributed by atoms with Crippen molar-refractivity contribution in [2.75, 3.05) is 26.2 Å². The van der Waals surface area contributed by atoms with Crippen molar-refractivity contribution in [1.29, 1.82) is 0 Å². The molecule has 1 unspecified atom stereocenters. The van der Waals surface area contributed by atoms with E-state index in [1.807, 2.05) is 12.1 Å². The van der Waals surface area contributed by atoms with Gasteiger partial charge in [-0.1, -0.05) is 32.9 Å². The lowest BCUT2D eigenvalue weighted by Crippen LogP contribution is -2.46. The standard InChI is InChI=1S/C23H35N3O4S/c1-23(2,3)19-8-10-20(11-9-19)31(29,30)25-13-12-21(27)26-14-4-5-18(16-26)22(28)24-15-17-6-7-17/h8-11,17-18,25H,4-7,12-16H2,1-3H3,(H,24,28). The van der Waals surface area contributed by atoms with Gasteiger partial charge in [0.25, 0.3) is 0 Å². The topological polar surface area (TPSA) is 95.6 Å². The Kier molecular flexibility index (Phi) is 7.42. The average Bonchev–Trinajstić information content (AvgIpc) is 3.56. The summed E-state index contributed by atoms with van der Waals surface area (Å²) in [6, 6.07) is 6.84. The third-order valence-electron chi connectivity index (χ3n) is 6.07. The molecule has 1 saturated carbocycles. The molecule has 0 bridgehead atoms. The van der Waals surface area contributed by atoms with Crippen LogP contribution in [0.4, 0.5) is 0 Å². The van der Waals surface area contributed by atoms with Gasteiger partial charge in [-0.05, 0) is 54.7 Å². The van der Waals surface area contributed by atoms with Crippen LogP contribution in [-0.2, 0) is 25.0 Å². The van der Waals surface area contributed by atoms with Gasteiger partial charge in [0.2, 0.25) is 21.8 Å². The van der Waals surface area contributed by atoms with Crippen molar-refractivity contribution < 1.29 is 18.0 Å². The first kappa shape index (κ1) is 23.7. The van der Waals surface area contributed by atoms with Crippen LogP contribution in [0.15, 0.2) is 29.2 Å². The Labute approximate surface area is 186 Å². The number of rotatable bonds is 8. The van der Waals surface area contributed by atoms with Gasteiger partial charge in [-0.3, -0.25) is 9.59 Å². The highest BCUT2D eigenvalue weighted by Crippen LogP contribution is 2.28. The first-order valence-corrected chi connectivity index (χ1v) is 12.7. The van der Waals surface area contributed by atoms with Gasteiger partial charge in [0.1, 0.15) is 0 Å². The zero-order chi connectivity index (χ0) is 22.6. The summed E-state index contributed by atoms with van der Waals surface area (Å²) in [4.78, 5) is 26.8. The summed E-state index contributed by atoms with van der Waals surface area (Å²) in [7, 11) is -3.67. The van der Waals surface area contributed by atoms with Gasteiger partial charge >= 0.3 is 0 Å². The number of carbonyl (C=O) groups is 2. The van der Waals surface area contributed by atoms with E-state index in [0.29, 0.717) is 19.0 Å². The Hall–Kier alpha value is -1.93. The zero-order valence-electron chi connectivity index (χ0n) is 18.8. The van der Waals surface area contributed by atoms with Crippen LogP contribution in [0.3, 0.4) is 0 Å². The molecule has 1 atom stereocenters. The molecule has 0 spiro atoms. The molecule has 3 rings (SSSR count). The summed E-state index contributed by atoms with van der Waals surface area (Å²) in [5.74, 6) is 0.367. The van der Waals surface area contributed by atoms with Crippen LogP contribution < -0.4 is 10.0 Å². The van der Waals surface area contributed by atoms with Gasteiger partial charge in [-0.15, -0.1) is 0 Å². The van der Waals surface area contributed by atoms with Crippen LogP contribution in [-0.4, -0.2) is 51.3 Å². The minimum atomic E-state index is -3.67. The molecule has 1 saturated heterocycles. The van der Waals surface area contributed by atoms with Crippen molar-refractivity contribution >= 4 is 21.8 Å². The molecule has 0 radical (unpaired) electrons. The molecule has 1 aliphatic carbocycles. The minimum Gasteiger partial charge on any atom is -0.356 e. The molecule has 1 aliphatic heterocycles. The lowest BCUT2D eigenvalue weighted by atomic mass is 9.87. The van der Waals surface area contributed by atoms with Crippen LogP contribution in [0.5, 0.6) is 0 Å². The summed E-state index contributed by atoms with van der Waals surface area (Å²) in [5, 5.41) is 3.00. The van der Waals surface area contributed by atoms with E-state index in [9.17, 15) is 18.0 Å². The predicted molar refractivity (Wildman–Crippen MR) is 120 cm³/mol. The molecular formula is C23H35N3O4S. The fraction of sp³-hybridized carbons (Fsp3) is 0.652. The number of sulfonamides is 1. The molecule has 1 heterocycles. The maximum absolute atomic E-state index is 12.6. The largest absolute Gasteiger partial charge is 0.356 e. The number of carbonyl (C=O) groups excluding carboxylic acids is 2. The van der Waals surface area contributed by atoms with Crippen LogP contribution in [0.25, 0.3) is 0 Å². The minimum absolute atomic E-state index is 0.0313. The number of amides is 2. The summed E-state index contributed by atoms with van der Waals surface area (Å²) >= 11 is 0. The smallest absolute Gasteiger partial charge is 0.240 e. The number of nitrogens with zero attached hydrogens (tertiary/aromatic N) is 1. The second kappa shape index (κ2) is 9.69. The first-order chi connectivity index (χ1) is 14.6. The van der Waals surface area contributed by atoms with Crippen LogP contribution in [0.1, 0.15) is 58.4 Å². The number of likely N-dealkylation sites (tertiary alicyclic amines) is 1. The van der Waals surface area contributed by atoms with Crippen molar-refractivity contribution in [2.24, 2.45) is 11.8 Å². The SMILES string of the molecule is CC(C)(C)c1ccc(S(=O)(=O)NCCC(=O)N2CCCC(C(=O)NCC3CC3)C2)cc1. The normalized spacial score (nSPS) is 19.8. The zero-order valence-corrected chi connectivity index (χ0v) is 19.6. The molecule has 31 heavy (non-hydrogen) atoms. The highest BCUT2D eigenvalue weighted by Gasteiger charge is 2.30. The molecule has 8 heteroatoms. The second-order valence-electron chi connectivity index (χ2n) is 9.79. The second-order valence-corrected chi connectivity index (χ2v) is 11.6. The van der Waals surface area contributed by atoms with Gasteiger partial charge in [0, 0.05) is 32.6 Å². The van der Waals surface area contributed by atoms with E-state index in [0.717, 1.165) is 24.9 Å². The predicted octanol–water partition coefficient (Wildman–Crippen LogP) is 2.42. The number of benzene rings is 1. The molecule has 172 valence electrons. The highest BCUT2D eigenvalue weighted by molar-refractivity contribution is 7.89. The number of nitrogens with one attached hydrogen (secondary N) is 2. The molecule has 1 aromatic carbocycles. The molecule has 2 amide bonds. The summed E-state index contributed by atoms with van der Waals surface area (Å²) in [5.41, 5.74) is 1.01. The van der Waals surface area contributed by atoms with E-state index in [2.05, 4.69) is 30.8 Å². The summed E-state index contributed by atoms with van der Waals surface area (Å²) in [6.07, 6.45) is 4.03. The lowest BCUT2D eigenvalue weighted by Gasteiger charge is -2.32. The first-order valence-electron chi connectivity index (χ1n) is 11.2. The molecule has 1 aromatic rings. The fourth-order valence-corrected chi connectivity index (χ4v) is 4.83. The molecule has 2 N–H and O–H groups in total. The summed E-state index contributed by atoms with van der Waals surface area (Å²) in [6.45, 7) is 8.02. The Balaban J connectivity index is 1.46. The Bertz CT molecular complexity index is 886. The van der Waals surface area contributed by atoms with Crippen molar-refractivity contribution in [3.05, 3.63) is 29.8 Å². The van der Waals surface area contributed by atoms with Gasteiger partial charge in [-0.2, -0.15) is 0 Å². The quantitative estimate of drug-likeness (QED) is 0.637. The Morgan fingerprint density at radius 1 is 1.10 bits per heavy atom. The van der Waals surface area contributed by atoms with Gasteiger partial charge in [-0.25, -0.2) is 13.1 Å². The molecule has 2 aliphatic rings. The molecule has 2 fully saturated rings.